The second-order valence-electron chi connectivity index (χ2n) is 6.11. The van der Waals surface area contributed by atoms with Gasteiger partial charge in [0.25, 0.3) is 5.91 Å². The molecule has 1 N–H and O–H groups in total. The summed E-state index contributed by atoms with van der Waals surface area (Å²) in [7, 11) is -3.58. The van der Waals surface area contributed by atoms with Crippen LogP contribution in [-0.2, 0) is 16.4 Å². The predicted molar refractivity (Wildman–Crippen MR) is 81.1 cm³/mol. The van der Waals surface area contributed by atoms with Crippen molar-refractivity contribution in [2.45, 2.75) is 40.5 Å². The molecule has 0 saturated heterocycles. The predicted octanol–water partition coefficient (Wildman–Crippen LogP) is 2.74. The molecule has 0 aliphatic carbocycles. The molecular formula is C15H23NO3S. The van der Waals surface area contributed by atoms with Crippen LogP contribution in [0.5, 0.6) is 0 Å². The molecule has 4 nitrogen and oxygen atoms in total. The second-order valence-corrected chi connectivity index (χ2v) is 7.95. The van der Waals surface area contributed by atoms with Crippen LogP contribution in [0.4, 0.5) is 0 Å². The Balaban J connectivity index is 2.68. The van der Waals surface area contributed by atoms with Crippen molar-refractivity contribution in [1.29, 1.82) is 0 Å². The molecule has 0 spiro atoms. The van der Waals surface area contributed by atoms with E-state index in [1.165, 1.54) is 0 Å². The molecule has 5 heteroatoms. The lowest BCUT2D eigenvalue weighted by Crippen LogP contribution is -2.33. The van der Waals surface area contributed by atoms with Crippen molar-refractivity contribution < 1.29 is 13.2 Å². The normalized spacial score (nSPS) is 12.2. The number of hydrogen-bond donors (Lipinski definition) is 1. The van der Waals surface area contributed by atoms with Crippen molar-refractivity contribution in [2.24, 2.45) is 5.41 Å². The molecule has 0 heterocycles. The van der Waals surface area contributed by atoms with Gasteiger partial charge in [-0.05, 0) is 36.0 Å². The molecular weight excluding hydrogens is 274 g/mol. The van der Waals surface area contributed by atoms with Gasteiger partial charge in [-0.15, -0.1) is 0 Å². The molecule has 1 aromatic rings. The lowest BCUT2D eigenvalue weighted by atomic mass is 9.94. The zero-order chi connectivity index (χ0) is 15.4. The molecule has 0 fully saturated rings. The van der Waals surface area contributed by atoms with E-state index in [2.05, 4.69) is 4.72 Å². The van der Waals surface area contributed by atoms with Crippen LogP contribution in [0, 0.1) is 5.41 Å². The maximum atomic E-state index is 11.9. The molecule has 0 aromatic heterocycles. The summed E-state index contributed by atoms with van der Waals surface area (Å²) in [4.78, 5) is 11.9. The fourth-order valence-electron chi connectivity index (χ4n) is 1.58. The molecule has 112 valence electrons. The standard InChI is InChI=1S/C15H23NO3S/c1-5-12-6-8-13(9-7-12)14(17)16-20(18,19)11-10-15(2,3)4/h6-9H,5,10-11H2,1-4H3,(H,16,17). The molecule has 0 aliphatic heterocycles. The molecule has 0 aliphatic rings. The highest BCUT2D eigenvalue weighted by atomic mass is 32.2. The molecule has 0 saturated carbocycles. The Morgan fingerprint density at radius 3 is 2.15 bits per heavy atom. The van der Waals surface area contributed by atoms with Gasteiger partial charge in [-0.2, -0.15) is 0 Å². The zero-order valence-electron chi connectivity index (χ0n) is 12.6. The molecule has 20 heavy (non-hydrogen) atoms. The number of benzene rings is 1. The maximum Gasteiger partial charge on any atom is 0.264 e. The quantitative estimate of drug-likeness (QED) is 0.909. The molecule has 0 bridgehead atoms. The summed E-state index contributed by atoms with van der Waals surface area (Å²) >= 11 is 0. The third-order valence-corrected chi connectivity index (χ3v) is 4.23. The second kappa shape index (κ2) is 6.39. The van der Waals surface area contributed by atoms with Crippen molar-refractivity contribution in [2.75, 3.05) is 5.75 Å². The van der Waals surface area contributed by atoms with Crippen molar-refractivity contribution >= 4 is 15.9 Å². The molecule has 0 radical (unpaired) electrons. The van der Waals surface area contributed by atoms with Gasteiger partial charge in [0.15, 0.2) is 0 Å². The Kier molecular flexibility index (Phi) is 5.34. The largest absolute Gasteiger partial charge is 0.268 e. The van der Waals surface area contributed by atoms with Crippen molar-refractivity contribution in [3.8, 4) is 0 Å². The van der Waals surface area contributed by atoms with Gasteiger partial charge in [-0.3, -0.25) is 4.79 Å². The van der Waals surface area contributed by atoms with E-state index >= 15 is 0 Å². The number of nitrogens with one attached hydrogen (secondary N) is 1. The van der Waals surface area contributed by atoms with Gasteiger partial charge in [-0.25, -0.2) is 13.1 Å². The molecule has 1 rings (SSSR count). The highest BCUT2D eigenvalue weighted by molar-refractivity contribution is 7.90. The number of sulfonamides is 1. The van der Waals surface area contributed by atoms with Crippen LogP contribution in [0.15, 0.2) is 24.3 Å². The van der Waals surface area contributed by atoms with E-state index in [-0.39, 0.29) is 11.2 Å². The van der Waals surface area contributed by atoms with Crippen LogP contribution in [-0.4, -0.2) is 20.1 Å². The Labute approximate surface area is 121 Å². The third kappa shape index (κ3) is 5.74. The van der Waals surface area contributed by atoms with E-state index in [9.17, 15) is 13.2 Å². The van der Waals surface area contributed by atoms with E-state index in [1.807, 2.05) is 39.8 Å². The number of rotatable bonds is 5. The topological polar surface area (TPSA) is 63.2 Å². The van der Waals surface area contributed by atoms with E-state index in [1.54, 1.807) is 12.1 Å². The highest BCUT2D eigenvalue weighted by Crippen LogP contribution is 2.19. The summed E-state index contributed by atoms with van der Waals surface area (Å²) in [5.74, 6) is -0.614. The molecule has 1 amide bonds. The number of amides is 1. The van der Waals surface area contributed by atoms with Gasteiger partial charge < -0.3 is 0 Å². The van der Waals surface area contributed by atoms with Gasteiger partial charge in [0, 0.05) is 5.56 Å². The minimum Gasteiger partial charge on any atom is -0.268 e. The first-order chi connectivity index (χ1) is 9.13. The van der Waals surface area contributed by atoms with E-state index in [0.29, 0.717) is 12.0 Å². The highest BCUT2D eigenvalue weighted by Gasteiger charge is 2.20. The Morgan fingerprint density at radius 1 is 1.15 bits per heavy atom. The van der Waals surface area contributed by atoms with E-state index < -0.39 is 15.9 Å². The number of carbonyl (C=O) groups excluding carboxylic acids is 1. The fraction of sp³-hybridized carbons (Fsp3) is 0.533. The zero-order valence-corrected chi connectivity index (χ0v) is 13.4. The SMILES string of the molecule is CCc1ccc(C(=O)NS(=O)(=O)CCC(C)(C)C)cc1. The van der Waals surface area contributed by atoms with Crippen molar-refractivity contribution in [3.63, 3.8) is 0 Å². The average molecular weight is 297 g/mol. The first-order valence-corrected chi connectivity index (χ1v) is 8.42. The van der Waals surface area contributed by atoms with Crippen LogP contribution < -0.4 is 4.72 Å². The number of aryl methyl sites for hydroxylation is 1. The minimum atomic E-state index is -3.58. The van der Waals surface area contributed by atoms with Crippen molar-refractivity contribution in [3.05, 3.63) is 35.4 Å². The summed E-state index contributed by atoms with van der Waals surface area (Å²) in [5.41, 5.74) is 1.39. The lowest BCUT2D eigenvalue weighted by molar-refractivity contribution is 0.0981. The monoisotopic (exact) mass is 297 g/mol. The molecule has 0 atom stereocenters. The first-order valence-electron chi connectivity index (χ1n) is 6.77. The van der Waals surface area contributed by atoms with Crippen LogP contribution in [0.25, 0.3) is 0 Å². The minimum absolute atomic E-state index is 0.0463. The van der Waals surface area contributed by atoms with E-state index in [4.69, 9.17) is 0 Å². The van der Waals surface area contributed by atoms with Gasteiger partial charge in [-0.1, -0.05) is 39.8 Å². The maximum absolute atomic E-state index is 11.9. The van der Waals surface area contributed by atoms with Gasteiger partial charge >= 0.3 is 0 Å². The first kappa shape index (κ1) is 16.7. The molecule has 1 aromatic carbocycles. The average Bonchev–Trinajstić information content (AvgIpc) is 2.35. The Hall–Kier alpha value is -1.36. The summed E-state index contributed by atoms with van der Waals surface area (Å²) < 4.78 is 25.8. The Bertz CT molecular complexity index is 554. The smallest absolute Gasteiger partial charge is 0.264 e. The number of carbonyl (C=O) groups is 1. The summed E-state index contributed by atoms with van der Waals surface area (Å²) in [5, 5.41) is 0. The third-order valence-electron chi connectivity index (χ3n) is 2.99. The lowest BCUT2D eigenvalue weighted by Gasteiger charge is -2.17. The van der Waals surface area contributed by atoms with Crippen molar-refractivity contribution in [1.82, 2.24) is 4.72 Å². The van der Waals surface area contributed by atoms with Gasteiger partial charge in [0.2, 0.25) is 10.0 Å². The molecule has 0 unspecified atom stereocenters. The van der Waals surface area contributed by atoms with Crippen LogP contribution >= 0.6 is 0 Å². The number of hydrogen-bond acceptors (Lipinski definition) is 3. The van der Waals surface area contributed by atoms with Crippen LogP contribution in [0.3, 0.4) is 0 Å². The van der Waals surface area contributed by atoms with Gasteiger partial charge in [0.05, 0.1) is 5.75 Å². The van der Waals surface area contributed by atoms with Gasteiger partial charge in [0.1, 0.15) is 0 Å². The summed E-state index contributed by atoms with van der Waals surface area (Å²) in [6.45, 7) is 7.92. The Morgan fingerprint density at radius 2 is 1.70 bits per heavy atom. The summed E-state index contributed by atoms with van der Waals surface area (Å²) in [6.07, 6.45) is 1.39. The fourth-order valence-corrected chi connectivity index (χ4v) is 2.97. The van der Waals surface area contributed by atoms with Crippen LogP contribution in [0.2, 0.25) is 0 Å². The summed E-state index contributed by atoms with van der Waals surface area (Å²) in [6, 6.07) is 6.95. The van der Waals surface area contributed by atoms with E-state index in [0.717, 1.165) is 12.0 Å². The van der Waals surface area contributed by atoms with Crippen LogP contribution in [0.1, 0.15) is 50.0 Å².